The van der Waals surface area contributed by atoms with E-state index in [1.807, 2.05) is 20.8 Å². The molecular weight excluding hydrogens is 340 g/mol. The monoisotopic (exact) mass is 362 g/mol. The molecule has 0 aromatic heterocycles. The van der Waals surface area contributed by atoms with Gasteiger partial charge in [0.25, 0.3) is 5.91 Å². The first kappa shape index (κ1) is 19.0. The Morgan fingerprint density at radius 1 is 1.08 bits per heavy atom. The first-order valence-corrected chi connectivity index (χ1v) is 9.21. The predicted octanol–water partition coefficient (Wildman–Crippen LogP) is 2.85. The number of phenolic OH excluding ortho intramolecular Hbond substituents is 1. The topological polar surface area (TPSA) is 95.5 Å². The summed E-state index contributed by atoms with van der Waals surface area (Å²) in [6, 6.07) is 10.7. The van der Waals surface area contributed by atoms with Crippen LogP contribution in [0.4, 0.5) is 5.69 Å². The molecule has 0 atom stereocenters. The van der Waals surface area contributed by atoms with Crippen LogP contribution in [-0.4, -0.2) is 26.5 Å². The number of anilines is 1. The van der Waals surface area contributed by atoms with E-state index in [0.717, 1.165) is 5.56 Å². The third kappa shape index (κ3) is 4.37. The maximum atomic E-state index is 12.5. The van der Waals surface area contributed by atoms with Crippen molar-refractivity contribution in [3.05, 3.63) is 53.6 Å². The van der Waals surface area contributed by atoms with E-state index < -0.39 is 15.9 Å². The van der Waals surface area contributed by atoms with Crippen molar-refractivity contribution in [2.24, 2.45) is 0 Å². The number of amides is 1. The summed E-state index contributed by atoms with van der Waals surface area (Å²) in [5.41, 5.74) is 1.26. The minimum atomic E-state index is -3.64. The number of hydrogen-bond donors (Lipinski definition) is 3. The molecule has 0 saturated carbocycles. The molecule has 3 N–H and O–H groups in total. The first-order chi connectivity index (χ1) is 11.5. The van der Waals surface area contributed by atoms with Crippen LogP contribution in [0.5, 0.6) is 5.75 Å². The number of benzene rings is 2. The molecule has 1 amide bonds. The van der Waals surface area contributed by atoms with Crippen LogP contribution in [0, 0.1) is 0 Å². The van der Waals surface area contributed by atoms with Gasteiger partial charge in [0.15, 0.2) is 0 Å². The summed E-state index contributed by atoms with van der Waals surface area (Å²) in [6.07, 6.45) is 0. The smallest absolute Gasteiger partial charge is 0.255 e. The van der Waals surface area contributed by atoms with Crippen LogP contribution in [0.2, 0.25) is 0 Å². The number of aromatic hydroxyl groups is 1. The van der Waals surface area contributed by atoms with Crippen molar-refractivity contribution >= 4 is 21.6 Å². The molecule has 2 aromatic carbocycles. The van der Waals surface area contributed by atoms with Gasteiger partial charge in [-0.25, -0.2) is 13.1 Å². The van der Waals surface area contributed by atoms with E-state index in [0.29, 0.717) is 0 Å². The van der Waals surface area contributed by atoms with Crippen LogP contribution < -0.4 is 10.0 Å². The second kappa shape index (κ2) is 6.85. The van der Waals surface area contributed by atoms with Crippen LogP contribution in [0.1, 0.15) is 36.7 Å². The lowest BCUT2D eigenvalue weighted by Crippen LogP contribution is -2.20. The summed E-state index contributed by atoms with van der Waals surface area (Å²) in [5, 5.41) is 12.6. The Labute approximate surface area is 147 Å². The van der Waals surface area contributed by atoms with E-state index in [1.54, 1.807) is 12.1 Å². The van der Waals surface area contributed by atoms with Crippen molar-refractivity contribution in [1.82, 2.24) is 4.72 Å². The van der Waals surface area contributed by atoms with E-state index in [1.165, 1.54) is 37.4 Å². The van der Waals surface area contributed by atoms with Crippen LogP contribution in [0.3, 0.4) is 0 Å². The van der Waals surface area contributed by atoms with Gasteiger partial charge >= 0.3 is 0 Å². The van der Waals surface area contributed by atoms with Crippen LogP contribution in [0.15, 0.2) is 47.4 Å². The Bertz CT molecular complexity index is 900. The number of nitrogens with one attached hydrogen (secondary N) is 2. The van der Waals surface area contributed by atoms with Crippen molar-refractivity contribution in [3.63, 3.8) is 0 Å². The molecule has 0 heterocycles. The maximum Gasteiger partial charge on any atom is 0.255 e. The number of sulfonamides is 1. The van der Waals surface area contributed by atoms with Gasteiger partial charge in [0.2, 0.25) is 10.0 Å². The highest BCUT2D eigenvalue weighted by Crippen LogP contribution is 2.31. The third-order valence-corrected chi connectivity index (χ3v) is 5.20. The second-order valence-electron chi connectivity index (χ2n) is 6.67. The lowest BCUT2D eigenvalue weighted by atomic mass is 9.87. The fourth-order valence-electron chi connectivity index (χ4n) is 2.22. The minimum Gasteiger partial charge on any atom is -0.506 e. The molecule has 6 nitrogen and oxygen atoms in total. The Hall–Kier alpha value is -2.38. The Balaban J connectivity index is 2.34. The highest BCUT2D eigenvalue weighted by molar-refractivity contribution is 7.89. The van der Waals surface area contributed by atoms with Gasteiger partial charge < -0.3 is 10.4 Å². The second-order valence-corrected chi connectivity index (χ2v) is 8.56. The summed E-state index contributed by atoms with van der Waals surface area (Å²) in [4.78, 5) is 12.5. The predicted molar refractivity (Wildman–Crippen MR) is 97.4 cm³/mol. The quantitative estimate of drug-likeness (QED) is 0.729. The summed E-state index contributed by atoms with van der Waals surface area (Å²) in [5.74, 6) is -0.560. The van der Waals surface area contributed by atoms with Crippen LogP contribution in [-0.2, 0) is 15.4 Å². The molecule has 134 valence electrons. The van der Waals surface area contributed by atoms with Gasteiger partial charge in [0.1, 0.15) is 5.75 Å². The molecule has 25 heavy (non-hydrogen) atoms. The maximum absolute atomic E-state index is 12.5. The highest BCUT2D eigenvalue weighted by Gasteiger charge is 2.18. The summed E-state index contributed by atoms with van der Waals surface area (Å²) in [7, 11) is -2.34. The molecule has 0 aliphatic heterocycles. The zero-order valence-corrected chi connectivity index (χ0v) is 15.4. The largest absolute Gasteiger partial charge is 0.506 e. The van der Waals surface area contributed by atoms with Gasteiger partial charge in [0, 0.05) is 5.56 Å². The molecule has 0 radical (unpaired) electrons. The molecule has 0 aliphatic rings. The van der Waals surface area contributed by atoms with Gasteiger partial charge in [-0.1, -0.05) is 32.9 Å². The molecule has 2 rings (SSSR count). The SMILES string of the molecule is CNS(=O)(=O)c1cccc(C(=O)Nc2cc(C(C)(C)C)ccc2O)c1. The minimum absolute atomic E-state index is 0.00434. The molecule has 0 unspecified atom stereocenters. The Morgan fingerprint density at radius 3 is 2.36 bits per heavy atom. The highest BCUT2D eigenvalue weighted by atomic mass is 32.2. The molecule has 7 heteroatoms. The van der Waals surface area contributed by atoms with Crippen molar-refractivity contribution in [1.29, 1.82) is 0 Å². The van der Waals surface area contributed by atoms with Gasteiger partial charge in [-0.05, 0) is 48.4 Å². The summed E-state index contributed by atoms with van der Waals surface area (Å²) in [6.45, 7) is 6.07. The number of carbonyl (C=O) groups excluding carboxylic acids is 1. The number of phenols is 1. The number of carbonyl (C=O) groups is 1. The van der Waals surface area contributed by atoms with Gasteiger partial charge in [-0.2, -0.15) is 0 Å². The van der Waals surface area contributed by atoms with Crippen LogP contribution >= 0.6 is 0 Å². The van der Waals surface area contributed by atoms with Gasteiger partial charge in [0.05, 0.1) is 10.6 Å². The average Bonchev–Trinajstić information content (AvgIpc) is 2.56. The number of rotatable bonds is 4. The zero-order valence-electron chi connectivity index (χ0n) is 14.6. The summed E-state index contributed by atoms with van der Waals surface area (Å²) >= 11 is 0. The normalized spacial score (nSPS) is 12.0. The van der Waals surface area contributed by atoms with Crippen molar-refractivity contribution in [2.45, 2.75) is 31.1 Å². The van der Waals surface area contributed by atoms with E-state index in [-0.39, 0.29) is 27.3 Å². The first-order valence-electron chi connectivity index (χ1n) is 7.73. The molecule has 0 saturated heterocycles. The molecule has 2 aromatic rings. The van der Waals surface area contributed by atoms with Crippen molar-refractivity contribution in [2.75, 3.05) is 12.4 Å². The third-order valence-electron chi connectivity index (χ3n) is 3.79. The molecular formula is C18H22N2O4S. The molecule has 0 spiro atoms. The van der Waals surface area contributed by atoms with E-state index >= 15 is 0 Å². The van der Waals surface area contributed by atoms with E-state index in [2.05, 4.69) is 10.0 Å². The van der Waals surface area contributed by atoms with E-state index in [9.17, 15) is 18.3 Å². The lowest BCUT2D eigenvalue weighted by Gasteiger charge is -2.20. The summed E-state index contributed by atoms with van der Waals surface area (Å²) < 4.78 is 25.9. The van der Waals surface area contributed by atoms with Crippen molar-refractivity contribution in [3.8, 4) is 5.75 Å². The zero-order chi connectivity index (χ0) is 18.8. The van der Waals surface area contributed by atoms with Gasteiger partial charge in [-0.15, -0.1) is 0 Å². The Morgan fingerprint density at radius 2 is 1.76 bits per heavy atom. The molecule has 0 aliphatic carbocycles. The fourth-order valence-corrected chi connectivity index (χ4v) is 3.00. The molecule has 0 fully saturated rings. The molecule has 0 bridgehead atoms. The lowest BCUT2D eigenvalue weighted by molar-refractivity contribution is 0.102. The van der Waals surface area contributed by atoms with Crippen molar-refractivity contribution < 1.29 is 18.3 Å². The Kier molecular flexibility index (Phi) is 5.20. The standard InChI is InChI=1S/C18H22N2O4S/c1-18(2,3)13-8-9-16(21)15(11-13)20-17(22)12-6-5-7-14(10-12)25(23,24)19-4/h5-11,19,21H,1-4H3,(H,20,22). The van der Waals surface area contributed by atoms with Gasteiger partial charge in [-0.3, -0.25) is 4.79 Å². The average molecular weight is 362 g/mol. The van der Waals surface area contributed by atoms with E-state index in [4.69, 9.17) is 0 Å². The van der Waals surface area contributed by atoms with Crippen LogP contribution in [0.25, 0.3) is 0 Å². The fraction of sp³-hybridized carbons (Fsp3) is 0.278. The number of hydrogen-bond acceptors (Lipinski definition) is 4.